The van der Waals surface area contributed by atoms with Gasteiger partial charge in [-0.2, -0.15) is 4.31 Å². The van der Waals surface area contributed by atoms with E-state index in [2.05, 4.69) is 10.2 Å². The van der Waals surface area contributed by atoms with Crippen molar-refractivity contribution in [3.05, 3.63) is 53.5 Å². The number of carbonyl (C=O) groups excluding carboxylic acids is 1. The largest absolute Gasteiger partial charge is 0.468 e. The van der Waals surface area contributed by atoms with E-state index < -0.39 is 10.0 Å². The number of hydrogen-bond donors (Lipinski definition) is 1. The zero-order valence-corrected chi connectivity index (χ0v) is 21.3. The molecule has 0 saturated carbocycles. The fraction of sp³-hybridized carbons (Fsp3) is 0.593. The van der Waals surface area contributed by atoms with Gasteiger partial charge in [-0.15, -0.1) is 0 Å². The molecule has 190 valence electrons. The molecule has 1 amide bonds. The molecular weight excluding hydrogens is 462 g/mol. The van der Waals surface area contributed by atoms with E-state index in [1.54, 1.807) is 16.6 Å². The zero-order valence-electron chi connectivity index (χ0n) is 20.5. The minimum atomic E-state index is -3.53. The average Bonchev–Trinajstić information content (AvgIpc) is 3.44. The van der Waals surface area contributed by atoms with Crippen molar-refractivity contribution in [1.29, 1.82) is 0 Å². The first-order chi connectivity index (χ1) is 17.0. The molecule has 8 heteroatoms. The second kappa shape index (κ2) is 10.8. The Hall–Kier alpha value is -2.16. The summed E-state index contributed by atoms with van der Waals surface area (Å²) in [6, 6.07) is 9.53. The Kier molecular flexibility index (Phi) is 7.60. The van der Waals surface area contributed by atoms with Crippen LogP contribution in [0.4, 0.5) is 0 Å². The highest BCUT2D eigenvalue weighted by atomic mass is 32.2. The monoisotopic (exact) mass is 499 g/mol. The summed E-state index contributed by atoms with van der Waals surface area (Å²) in [5.74, 6) is 0.742. The van der Waals surface area contributed by atoms with E-state index in [-0.39, 0.29) is 17.9 Å². The third kappa shape index (κ3) is 5.49. The number of sulfonamides is 1. The van der Waals surface area contributed by atoms with Crippen LogP contribution in [0.3, 0.4) is 0 Å². The van der Waals surface area contributed by atoms with Gasteiger partial charge >= 0.3 is 0 Å². The van der Waals surface area contributed by atoms with Gasteiger partial charge in [0.2, 0.25) is 15.9 Å². The third-order valence-electron chi connectivity index (χ3n) is 7.96. The number of piperidine rings is 2. The Bertz CT molecular complexity index is 1100. The maximum absolute atomic E-state index is 13.3. The molecule has 1 aromatic carbocycles. The highest BCUT2D eigenvalue weighted by molar-refractivity contribution is 7.89. The van der Waals surface area contributed by atoms with Gasteiger partial charge in [0, 0.05) is 25.6 Å². The van der Waals surface area contributed by atoms with Crippen molar-refractivity contribution in [3.8, 4) is 0 Å². The van der Waals surface area contributed by atoms with Gasteiger partial charge in [0.05, 0.1) is 17.2 Å². The van der Waals surface area contributed by atoms with E-state index >= 15 is 0 Å². The van der Waals surface area contributed by atoms with Gasteiger partial charge in [-0.05, 0) is 99.8 Å². The van der Waals surface area contributed by atoms with Gasteiger partial charge in [0.25, 0.3) is 0 Å². The number of rotatable bonds is 7. The summed E-state index contributed by atoms with van der Waals surface area (Å²) in [6.45, 7) is 3.30. The van der Waals surface area contributed by atoms with Gasteiger partial charge in [-0.25, -0.2) is 8.42 Å². The minimum Gasteiger partial charge on any atom is -0.468 e. The second-order valence-corrected chi connectivity index (χ2v) is 12.1. The lowest BCUT2D eigenvalue weighted by molar-refractivity contribution is -0.126. The lowest BCUT2D eigenvalue weighted by Gasteiger charge is -2.34. The summed E-state index contributed by atoms with van der Waals surface area (Å²) >= 11 is 0. The van der Waals surface area contributed by atoms with Gasteiger partial charge in [0.15, 0.2) is 0 Å². The summed E-state index contributed by atoms with van der Waals surface area (Å²) in [5, 5.41) is 3.15. The molecule has 0 unspecified atom stereocenters. The van der Waals surface area contributed by atoms with E-state index in [0.717, 1.165) is 38.1 Å². The predicted octanol–water partition coefficient (Wildman–Crippen LogP) is 3.90. The van der Waals surface area contributed by atoms with Crippen LogP contribution >= 0.6 is 0 Å². The van der Waals surface area contributed by atoms with Crippen LogP contribution in [0, 0.1) is 5.92 Å². The van der Waals surface area contributed by atoms with Crippen LogP contribution in [-0.4, -0.2) is 56.3 Å². The Morgan fingerprint density at radius 3 is 2.43 bits per heavy atom. The molecule has 2 aromatic rings. The van der Waals surface area contributed by atoms with Gasteiger partial charge in [-0.1, -0.05) is 12.5 Å². The van der Waals surface area contributed by atoms with Gasteiger partial charge in [-0.3, -0.25) is 9.69 Å². The second-order valence-electron chi connectivity index (χ2n) is 10.2. The molecule has 2 aliphatic heterocycles. The van der Waals surface area contributed by atoms with Crippen LogP contribution in [0.1, 0.15) is 67.9 Å². The smallest absolute Gasteiger partial charge is 0.243 e. The molecule has 3 aliphatic rings. The predicted molar refractivity (Wildman–Crippen MR) is 134 cm³/mol. The number of amides is 1. The molecule has 3 heterocycles. The van der Waals surface area contributed by atoms with Crippen molar-refractivity contribution in [1.82, 2.24) is 14.5 Å². The van der Waals surface area contributed by atoms with E-state index in [4.69, 9.17) is 4.42 Å². The van der Waals surface area contributed by atoms with Crippen LogP contribution in [0.5, 0.6) is 0 Å². The van der Waals surface area contributed by atoms with Crippen molar-refractivity contribution >= 4 is 15.9 Å². The maximum Gasteiger partial charge on any atom is 0.243 e. The summed E-state index contributed by atoms with van der Waals surface area (Å²) in [6.07, 6.45) is 10.7. The number of nitrogens with zero attached hydrogens (tertiary/aromatic N) is 2. The molecule has 1 aliphatic carbocycles. The van der Waals surface area contributed by atoms with Crippen LogP contribution in [0.25, 0.3) is 0 Å². The lowest BCUT2D eigenvalue weighted by atomic mass is 9.92. The van der Waals surface area contributed by atoms with Crippen LogP contribution < -0.4 is 5.32 Å². The Balaban J connectivity index is 1.17. The number of nitrogens with one attached hydrogen (secondary N) is 1. The van der Waals surface area contributed by atoms with E-state index in [0.29, 0.717) is 37.4 Å². The number of likely N-dealkylation sites (tertiary alicyclic amines) is 1. The van der Waals surface area contributed by atoms with Gasteiger partial charge < -0.3 is 9.73 Å². The van der Waals surface area contributed by atoms with E-state index in [9.17, 15) is 13.2 Å². The molecule has 1 aromatic heterocycles. The molecule has 0 bridgehead atoms. The SMILES string of the molecule is O=C(NC[C@@H](c1ccco1)N1CCCCC1)C1CCN(S(=O)(=O)c2ccc3c(c2)CCCC3)CC1. The van der Waals surface area contributed by atoms with Crippen molar-refractivity contribution < 1.29 is 17.6 Å². The number of carbonyl (C=O) groups is 1. The van der Waals surface area contributed by atoms with Crippen LogP contribution in [0.15, 0.2) is 45.9 Å². The number of benzene rings is 1. The fourth-order valence-electron chi connectivity index (χ4n) is 5.84. The number of aryl methyl sites for hydroxylation is 2. The van der Waals surface area contributed by atoms with Crippen molar-refractivity contribution in [3.63, 3.8) is 0 Å². The van der Waals surface area contributed by atoms with Gasteiger partial charge in [0.1, 0.15) is 5.76 Å². The molecule has 0 radical (unpaired) electrons. The highest BCUT2D eigenvalue weighted by Crippen LogP contribution is 2.29. The Labute approximate surface area is 208 Å². The molecule has 2 fully saturated rings. The molecule has 7 nitrogen and oxygen atoms in total. The Morgan fingerprint density at radius 2 is 1.71 bits per heavy atom. The normalized spacial score (nSPS) is 21.4. The summed E-state index contributed by atoms with van der Waals surface area (Å²) < 4.78 is 33.8. The summed E-state index contributed by atoms with van der Waals surface area (Å²) in [4.78, 5) is 15.8. The highest BCUT2D eigenvalue weighted by Gasteiger charge is 2.33. The maximum atomic E-state index is 13.3. The zero-order chi connectivity index (χ0) is 24.3. The first-order valence-electron chi connectivity index (χ1n) is 13.2. The molecule has 1 N–H and O–H groups in total. The number of hydrogen-bond acceptors (Lipinski definition) is 5. The van der Waals surface area contributed by atoms with Crippen molar-refractivity contribution in [2.24, 2.45) is 5.92 Å². The molecule has 1 atom stereocenters. The molecule has 5 rings (SSSR count). The minimum absolute atomic E-state index is 0.0180. The topological polar surface area (TPSA) is 82.9 Å². The first kappa shape index (κ1) is 24.5. The third-order valence-corrected chi connectivity index (χ3v) is 9.85. The van der Waals surface area contributed by atoms with Crippen molar-refractivity contribution in [2.45, 2.75) is 68.7 Å². The van der Waals surface area contributed by atoms with Crippen molar-refractivity contribution in [2.75, 3.05) is 32.7 Å². The van der Waals surface area contributed by atoms with Crippen LogP contribution in [0.2, 0.25) is 0 Å². The average molecular weight is 500 g/mol. The molecule has 0 spiro atoms. The fourth-order valence-corrected chi connectivity index (χ4v) is 7.36. The first-order valence-corrected chi connectivity index (χ1v) is 14.6. The molecule has 2 saturated heterocycles. The Morgan fingerprint density at radius 1 is 0.971 bits per heavy atom. The number of furan rings is 1. The van der Waals surface area contributed by atoms with Crippen LogP contribution in [-0.2, 0) is 27.7 Å². The quantitative estimate of drug-likeness (QED) is 0.625. The molecular formula is C27H37N3O4S. The molecule has 35 heavy (non-hydrogen) atoms. The standard InChI is InChI=1S/C27H37N3O4S/c31-27(28-20-25(26-9-6-18-34-26)29-14-4-1-5-15-29)22-12-16-30(17-13-22)35(32,33)24-11-10-21-7-2-3-8-23(21)19-24/h6,9-11,18-19,22,25H,1-5,7-8,12-17,20H2,(H,28,31)/t25-/m0/s1. The summed E-state index contributed by atoms with van der Waals surface area (Å²) in [7, 11) is -3.53. The summed E-state index contributed by atoms with van der Waals surface area (Å²) in [5.41, 5.74) is 2.45. The lowest BCUT2D eigenvalue weighted by Crippen LogP contribution is -2.45. The van der Waals surface area contributed by atoms with E-state index in [1.807, 2.05) is 24.3 Å². The number of fused-ring (bicyclic) bond motifs is 1. The van der Waals surface area contributed by atoms with E-state index in [1.165, 1.54) is 36.8 Å².